The van der Waals surface area contributed by atoms with Gasteiger partial charge in [0, 0.05) is 18.6 Å². The minimum absolute atomic E-state index is 0.235. The summed E-state index contributed by atoms with van der Waals surface area (Å²) in [7, 11) is 4.15. The van der Waals surface area contributed by atoms with Gasteiger partial charge >= 0.3 is 0 Å². The lowest BCUT2D eigenvalue weighted by molar-refractivity contribution is 0.296. The fraction of sp³-hybridized carbons (Fsp3) is 0.636. The topological polar surface area (TPSA) is 15.3 Å². The van der Waals surface area contributed by atoms with E-state index in [2.05, 4.69) is 38.2 Å². The molecule has 5 heteroatoms. The van der Waals surface area contributed by atoms with Crippen molar-refractivity contribution >= 4 is 34.5 Å². The zero-order valence-electron chi connectivity index (χ0n) is 10.1. The van der Waals surface area contributed by atoms with Crippen molar-refractivity contribution in [3.8, 4) is 0 Å². The predicted octanol–water partition coefficient (Wildman–Crippen LogP) is 3.66. The molecule has 0 saturated carbocycles. The minimum Gasteiger partial charge on any atom is -0.309 e. The van der Waals surface area contributed by atoms with Crippen LogP contribution in [0, 0.1) is 0 Å². The third-order valence-electron chi connectivity index (χ3n) is 2.75. The maximum absolute atomic E-state index is 6.10. The summed E-state index contributed by atoms with van der Waals surface area (Å²) in [6.07, 6.45) is 0. The molecule has 0 aliphatic rings. The van der Waals surface area contributed by atoms with Crippen LogP contribution in [-0.4, -0.2) is 31.6 Å². The molecular weight excluding hydrogens is 263 g/mol. The first-order valence-electron chi connectivity index (χ1n) is 5.26. The highest BCUT2D eigenvalue weighted by atomic mass is 35.5. The Hall–Kier alpha value is 0.200. The molecule has 0 bridgehead atoms. The molecule has 2 atom stereocenters. The van der Waals surface area contributed by atoms with E-state index in [-0.39, 0.29) is 6.04 Å². The monoisotopic (exact) mass is 280 g/mol. The number of rotatable bonds is 5. The van der Waals surface area contributed by atoms with Crippen LogP contribution in [0.3, 0.4) is 0 Å². The molecule has 1 rings (SSSR count). The van der Waals surface area contributed by atoms with Crippen LogP contribution in [-0.2, 0) is 0 Å². The van der Waals surface area contributed by atoms with Gasteiger partial charge in [-0.05, 0) is 39.6 Å². The first kappa shape index (κ1) is 14.3. The molecule has 1 N–H and O–H groups in total. The molecule has 0 fully saturated rings. The van der Waals surface area contributed by atoms with Gasteiger partial charge in [-0.3, -0.25) is 0 Å². The van der Waals surface area contributed by atoms with E-state index in [1.807, 2.05) is 6.07 Å². The third kappa shape index (κ3) is 3.90. The highest BCUT2D eigenvalue weighted by molar-refractivity contribution is 7.20. The second-order valence-corrected chi connectivity index (χ2v) is 6.51. The fourth-order valence-corrected chi connectivity index (χ4v) is 2.93. The summed E-state index contributed by atoms with van der Waals surface area (Å²) in [5, 5.41) is 3.46. The number of nitrogens with zero attached hydrogens (tertiary/aromatic N) is 1. The Morgan fingerprint density at radius 3 is 2.44 bits per heavy atom. The largest absolute Gasteiger partial charge is 0.309 e. The third-order valence-corrected chi connectivity index (χ3v) is 4.27. The number of hydrogen-bond donors (Lipinski definition) is 1. The van der Waals surface area contributed by atoms with E-state index in [4.69, 9.17) is 23.2 Å². The Morgan fingerprint density at radius 2 is 2.00 bits per heavy atom. The highest BCUT2D eigenvalue weighted by Gasteiger charge is 2.14. The van der Waals surface area contributed by atoms with Crippen LogP contribution in [0.15, 0.2) is 6.07 Å². The van der Waals surface area contributed by atoms with Gasteiger partial charge in [0.1, 0.15) is 0 Å². The second kappa shape index (κ2) is 6.22. The first-order valence-corrected chi connectivity index (χ1v) is 6.83. The summed E-state index contributed by atoms with van der Waals surface area (Å²) in [5.74, 6) is 0. The van der Waals surface area contributed by atoms with Gasteiger partial charge in [0.05, 0.1) is 8.67 Å². The molecule has 1 aromatic heterocycles. The van der Waals surface area contributed by atoms with Gasteiger partial charge in [-0.15, -0.1) is 11.3 Å². The number of likely N-dealkylation sites (N-methyl/N-ethyl adjacent to an activating group) is 1. The summed E-state index contributed by atoms with van der Waals surface area (Å²) >= 11 is 13.4. The molecule has 0 aliphatic heterocycles. The van der Waals surface area contributed by atoms with E-state index in [0.29, 0.717) is 6.04 Å². The zero-order valence-corrected chi connectivity index (χ0v) is 12.4. The Morgan fingerprint density at radius 1 is 1.38 bits per heavy atom. The quantitative estimate of drug-likeness (QED) is 0.886. The molecule has 0 spiro atoms. The van der Waals surface area contributed by atoms with Gasteiger partial charge in [0.2, 0.25) is 0 Å². The lowest BCUT2D eigenvalue weighted by atomic mass is 10.1. The summed E-state index contributed by atoms with van der Waals surface area (Å²) < 4.78 is 1.52. The van der Waals surface area contributed by atoms with Gasteiger partial charge in [0.15, 0.2) is 0 Å². The zero-order chi connectivity index (χ0) is 12.3. The summed E-state index contributed by atoms with van der Waals surface area (Å²) in [6.45, 7) is 5.21. The maximum Gasteiger partial charge on any atom is 0.0991 e. The van der Waals surface area contributed by atoms with E-state index in [1.165, 1.54) is 11.3 Å². The van der Waals surface area contributed by atoms with Crippen LogP contribution in [0.4, 0.5) is 0 Å². The van der Waals surface area contributed by atoms with Crippen molar-refractivity contribution in [1.29, 1.82) is 0 Å². The predicted molar refractivity (Wildman–Crippen MR) is 73.9 cm³/mol. The summed E-state index contributed by atoms with van der Waals surface area (Å²) in [4.78, 5) is 2.18. The van der Waals surface area contributed by atoms with Crippen molar-refractivity contribution in [3.63, 3.8) is 0 Å². The first-order chi connectivity index (χ1) is 7.41. The molecule has 2 nitrogen and oxygen atoms in total. The van der Waals surface area contributed by atoms with Gasteiger partial charge in [0.25, 0.3) is 0 Å². The SMILES string of the molecule is CC(NCC(C)N(C)C)c1cc(Cl)sc1Cl. The summed E-state index contributed by atoms with van der Waals surface area (Å²) in [5.41, 5.74) is 1.09. The van der Waals surface area contributed by atoms with E-state index >= 15 is 0 Å². The molecule has 0 aliphatic carbocycles. The fourth-order valence-electron chi connectivity index (χ4n) is 1.29. The van der Waals surface area contributed by atoms with Crippen LogP contribution in [0.25, 0.3) is 0 Å². The number of thiophene rings is 1. The number of halogens is 2. The van der Waals surface area contributed by atoms with Crippen molar-refractivity contribution in [2.45, 2.75) is 25.9 Å². The van der Waals surface area contributed by atoms with Crippen molar-refractivity contribution in [3.05, 3.63) is 20.3 Å². The van der Waals surface area contributed by atoms with E-state index in [0.717, 1.165) is 20.8 Å². The van der Waals surface area contributed by atoms with Crippen molar-refractivity contribution in [2.75, 3.05) is 20.6 Å². The smallest absolute Gasteiger partial charge is 0.0991 e. The average molecular weight is 281 g/mol. The van der Waals surface area contributed by atoms with Crippen LogP contribution < -0.4 is 5.32 Å². The molecule has 0 saturated heterocycles. The molecule has 92 valence electrons. The molecule has 0 amide bonds. The molecule has 2 unspecified atom stereocenters. The normalized spacial score (nSPS) is 15.4. The molecule has 0 radical (unpaired) electrons. The van der Waals surface area contributed by atoms with Gasteiger partial charge in [-0.2, -0.15) is 0 Å². The average Bonchev–Trinajstić information content (AvgIpc) is 2.53. The Bertz CT molecular complexity index is 339. The Labute approximate surface area is 112 Å². The highest BCUT2D eigenvalue weighted by Crippen LogP contribution is 2.34. The molecule has 0 aromatic carbocycles. The van der Waals surface area contributed by atoms with Crippen molar-refractivity contribution in [2.24, 2.45) is 0 Å². The van der Waals surface area contributed by atoms with Gasteiger partial charge in [-0.1, -0.05) is 23.2 Å². The second-order valence-electron chi connectivity index (χ2n) is 4.22. The minimum atomic E-state index is 0.235. The number of hydrogen-bond acceptors (Lipinski definition) is 3. The number of nitrogens with one attached hydrogen (secondary N) is 1. The maximum atomic E-state index is 6.10. The van der Waals surface area contributed by atoms with E-state index in [1.54, 1.807) is 0 Å². The van der Waals surface area contributed by atoms with Crippen molar-refractivity contribution in [1.82, 2.24) is 10.2 Å². The van der Waals surface area contributed by atoms with Crippen LogP contribution in [0.1, 0.15) is 25.5 Å². The van der Waals surface area contributed by atoms with Crippen LogP contribution in [0.5, 0.6) is 0 Å². The summed E-state index contributed by atoms with van der Waals surface area (Å²) in [6, 6.07) is 2.67. The molecule has 1 heterocycles. The van der Waals surface area contributed by atoms with E-state index < -0.39 is 0 Å². The Balaban J connectivity index is 2.53. The van der Waals surface area contributed by atoms with Crippen molar-refractivity contribution < 1.29 is 0 Å². The lowest BCUT2D eigenvalue weighted by Crippen LogP contribution is -2.36. The van der Waals surface area contributed by atoms with Gasteiger partial charge < -0.3 is 10.2 Å². The Kier molecular flexibility index (Phi) is 5.54. The van der Waals surface area contributed by atoms with Gasteiger partial charge in [-0.25, -0.2) is 0 Å². The molecule has 16 heavy (non-hydrogen) atoms. The van der Waals surface area contributed by atoms with E-state index in [9.17, 15) is 0 Å². The molecule has 1 aromatic rings. The van der Waals surface area contributed by atoms with Crippen LogP contribution >= 0.6 is 34.5 Å². The van der Waals surface area contributed by atoms with Crippen LogP contribution in [0.2, 0.25) is 8.67 Å². The lowest BCUT2D eigenvalue weighted by Gasteiger charge is -2.22. The molecular formula is C11H18Cl2N2S. The standard InChI is InChI=1S/C11H18Cl2N2S/c1-7(15(3)4)6-14-8(2)9-5-10(12)16-11(9)13/h5,7-8,14H,6H2,1-4H3.